The lowest BCUT2D eigenvalue weighted by molar-refractivity contribution is -0.143. The molecule has 216 valence electrons. The summed E-state index contributed by atoms with van der Waals surface area (Å²) in [5, 5.41) is 8.03. The molecule has 11 heteroatoms. The van der Waals surface area contributed by atoms with E-state index in [1.165, 1.54) is 11.8 Å². The number of nitrogens with zero attached hydrogens (tertiary/aromatic N) is 1. The summed E-state index contributed by atoms with van der Waals surface area (Å²) in [5.41, 5.74) is 4.31. The lowest BCUT2D eigenvalue weighted by atomic mass is 9.85. The van der Waals surface area contributed by atoms with Crippen LogP contribution in [0.4, 0.5) is 4.79 Å². The molecular formula is C27H47N5O6. The predicted octanol–water partition coefficient (Wildman–Crippen LogP) is 1.67. The number of primary amides is 1. The van der Waals surface area contributed by atoms with Crippen LogP contribution in [0.1, 0.15) is 87.5 Å². The number of carbonyl (C=O) groups is 6. The summed E-state index contributed by atoms with van der Waals surface area (Å²) in [6, 6.07) is -4.27. The molecule has 0 aromatic carbocycles. The molecule has 1 aliphatic heterocycles. The van der Waals surface area contributed by atoms with Gasteiger partial charge in [-0.3, -0.25) is 24.0 Å². The molecule has 0 bridgehead atoms. The van der Waals surface area contributed by atoms with Gasteiger partial charge in [0.2, 0.25) is 17.6 Å². The van der Waals surface area contributed by atoms with Crippen molar-refractivity contribution in [1.82, 2.24) is 20.9 Å². The van der Waals surface area contributed by atoms with E-state index in [2.05, 4.69) is 22.9 Å². The average Bonchev–Trinajstić information content (AvgIpc) is 3.32. The molecule has 0 radical (unpaired) electrons. The number of Topliss-reactive ketones (excluding diaryl/α,β-unsaturated/α-hetero) is 2. The van der Waals surface area contributed by atoms with E-state index in [9.17, 15) is 28.8 Å². The highest BCUT2D eigenvalue weighted by Crippen LogP contribution is 2.26. The van der Waals surface area contributed by atoms with Gasteiger partial charge in [0.05, 0.1) is 12.1 Å². The van der Waals surface area contributed by atoms with Crippen molar-refractivity contribution >= 4 is 35.3 Å². The summed E-state index contributed by atoms with van der Waals surface area (Å²) in [4.78, 5) is 76.9. The third-order valence-corrected chi connectivity index (χ3v) is 6.97. The largest absolute Gasteiger partial charge is 0.363 e. The van der Waals surface area contributed by atoms with Crippen LogP contribution in [0.3, 0.4) is 0 Å². The van der Waals surface area contributed by atoms with E-state index < -0.39 is 59.1 Å². The molecule has 1 heterocycles. The van der Waals surface area contributed by atoms with Crippen molar-refractivity contribution in [2.45, 2.75) is 112 Å². The Morgan fingerprint density at radius 1 is 0.974 bits per heavy atom. The minimum atomic E-state index is -1.15. The molecular weight excluding hydrogens is 490 g/mol. The fraction of sp³-hybridized carbons (Fsp3) is 0.778. The van der Waals surface area contributed by atoms with Crippen LogP contribution in [-0.2, 0) is 24.0 Å². The van der Waals surface area contributed by atoms with Gasteiger partial charge in [0.1, 0.15) is 12.1 Å². The lowest BCUT2D eigenvalue weighted by Gasteiger charge is -2.36. The number of unbranched alkanes of at least 4 members (excludes halogenated alkanes) is 1. The molecule has 0 aromatic rings. The first kappa shape index (κ1) is 33.0. The Morgan fingerprint density at radius 2 is 1.58 bits per heavy atom. The van der Waals surface area contributed by atoms with Gasteiger partial charge in [0.25, 0.3) is 5.91 Å². The van der Waals surface area contributed by atoms with Gasteiger partial charge in [0.15, 0.2) is 5.78 Å². The fourth-order valence-corrected chi connectivity index (χ4v) is 4.57. The number of likely N-dealkylation sites (tertiary alicyclic amines) is 1. The van der Waals surface area contributed by atoms with Crippen molar-refractivity contribution in [1.29, 1.82) is 0 Å². The van der Waals surface area contributed by atoms with Gasteiger partial charge in [-0.05, 0) is 37.5 Å². The summed E-state index contributed by atoms with van der Waals surface area (Å²) < 4.78 is 0. The first-order valence-electron chi connectivity index (χ1n) is 13.6. The van der Waals surface area contributed by atoms with E-state index in [4.69, 9.17) is 5.73 Å². The Bertz CT molecular complexity index is 897. The number of nitrogens with one attached hydrogen (secondary N) is 3. The summed E-state index contributed by atoms with van der Waals surface area (Å²) in [6.07, 6.45) is 3.61. The molecule has 1 saturated heterocycles. The van der Waals surface area contributed by atoms with Crippen LogP contribution in [0.15, 0.2) is 0 Å². The highest BCUT2D eigenvalue weighted by atomic mass is 16.2. The number of urea groups is 1. The molecule has 1 rings (SSSR count). The number of ketones is 2. The molecule has 0 aliphatic carbocycles. The van der Waals surface area contributed by atoms with Crippen LogP contribution in [0.25, 0.3) is 0 Å². The van der Waals surface area contributed by atoms with E-state index in [1.807, 2.05) is 6.92 Å². The number of hydrogen-bond acceptors (Lipinski definition) is 6. The highest BCUT2D eigenvalue weighted by molar-refractivity contribution is 6.37. The third kappa shape index (κ3) is 9.09. The average molecular weight is 538 g/mol. The topological polar surface area (TPSA) is 168 Å². The van der Waals surface area contributed by atoms with Crippen LogP contribution in [0.2, 0.25) is 0 Å². The maximum Gasteiger partial charge on any atom is 0.316 e. The summed E-state index contributed by atoms with van der Waals surface area (Å²) in [7, 11) is 0. The SMILES string of the molecule is CCCCC(C)C(NC(=O)NC(C(=O)N1CCCC1C(=O)NC(C)C(=O)C(N)=O)C(C)(C)C)C(=O)C(C)C. The van der Waals surface area contributed by atoms with Crippen LogP contribution in [0.5, 0.6) is 0 Å². The monoisotopic (exact) mass is 537 g/mol. The number of rotatable bonds is 13. The second-order valence-corrected chi connectivity index (χ2v) is 11.7. The first-order valence-corrected chi connectivity index (χ1v) is 13.6. The number of carbonyl (C=O) groups excluding carboxylic acids is 6. The minimum Gasteiger partial charge on any atom is -0.363 e. The Labute approximate surface area is 226 Å². The highest BCUT2D eigenvalue weighted by Gasteiger charge is 2.43. The van der Waals surface area contributed by atoms with Crippen LogP contribution >= 0.6 is 0 Å². The van der Waals surface area contributed by atoms with E-state index in [-0.39, 0.29) is 17.6 Å². The predicted molar refractivity (Wildman–Crippen MR) is 144 cm³/mol. The molecule has 38 heavy (non-hydrogen) atoms. The van der Waals surface area contributed by atoms with Crippen molar-refractivity contribution in [3.63, 3.8) is 0 Å². The zero-order valence-electron chi connectivity index (χ0n) is 24.2. The number of amides is 5. The van der Waals surface area contributed by atoms with Gasteiger partial charge in [0, 0.05) is 12.5 Å². The van der Waals surface area contributed by atoms with Gasteiger partial charge in [-0.25, -0.2) is 4.79 Å². The molecule has 5 N–H and O–H groups in total. The molecule has 5 atom stereocenters. The smallest absolute Gasteiger partial charge is 0.316 e. The molecule has 0 saturated carbocycles. The second-order valence-electron chi connectivity index (χ2n) is 11.7. The lowest BCUT2D eigenvalue weighted by Crippen LogP contribution is -2.61. The first-order chi connectivity index (χ1) is 17.5. The summed E-state index contributed by atoms with van der Waals surface area (Å²) in [6.45, 7) is 14.6. The molecule has 0 spiro atoms. The van der Waals surface area contributed by atoms with Gasteiger partial charge in [-0.1, -0.05) is 61.3 Å². The Kier molecular flexibility index (Phi) is 12.4. The Hall–Kier alpha value is -2.98. The van der Waals surface area contributed by atoms with Gasteiger partial charge in [-0.15, -0.1) is 0 Å². The third-order valence-electron chi connectivity index (χ3n) is 6.97. The maximum absolute atomic E-state index is 13.7. The van der Waals surface area contributed by atoms with Crippen LogP contribution < -0.4 is 21.7 Å². The van der Waals surface area contributed by atoms with Crippen molar-refractivity contribution in [3.8, 4) is 0 Å². The number of hydrogen-bond donors (Lipinski definition) is 4. The van der Waals surface area contributed by atoms with Crippen LogP contribution in [-0.4, -0.2) is 70.9 Å². The maximum atomic E-state index is 13.7. The van der Waals surface area contributed by atoms with Gasteiger partial charge in [-0.2, -0.15) is 0 Å². The molecule has 5 amide bonds. The van der Waals surface area contributed by atoms with Crippen molar-refractivity contribution in [3.05, 3.63) is 0 Å². The van der Waals surface area contributed by atoms with Gasteiger partial charge >= 0.3 is 6.03 Å². The molecule has 1 aliphatic rings. The summed E-state index contributed by atoms with van der Waals surface area (Å²) in [5.74, 6) is -3.50. The quantitative estimate of drug-likeness (QED) is 0.261. The van der Waals surface area contributed by atoms with Crippen LogP contribution in [0, 0.1) is 17.3 Å². The normalized spacial score (nSPS) is 18.8. The van der Waals surface area contributed by atoms with Crippen molar-refractivity contribution < 1.29 is 28.8 Å². The number of nitrogens with two attached hydrogens (primary N) is 1. The van der Waals surface area contributed by atoms with E-state index in [1.54, 1.807) is 34.6 Å². The fourth-order valence-electron chi connectivity index (χ4n) is 4.57. The van der Waals surface area contributed by atoms with Crippen molar-refractivity contribution in [2.24, 2.45) is 23.0 Å². The molecule has 1 fully saturated rings. The van der Waals surface area contributed by atoms with E-state index >= 15 is 0 Å². The molecule has 5 unspecified atom stereocenters. The Morgan fingerprint density at radius 3 is 2.08 bits per heavy atom. The second kappa shape index (κ2) is 14.2. The Balaban J connectivity index is 3.07. The van der Waals surface area contributed by atoms with Gasteiger partial charge < -0.3 is 26.6 Å². The van der Waals surface area contributed by atoms with E-state index in [0.717, 1.165) is 19.3 Å². The summed E-state index contributed by atoms with van der Waals surface area (Å²) >= 11 is 0. The minimum absolute atomic E-state index is 0.0710. The zero-order valence-corrected chi connectivity index (χ0v) is 24.2. The van der Waals surface area contributed by atoms with E-state index in [0.29, 0.717) is 19.4 Å². The zero-order chi connectivity index (χ0) is 29.4. The standard InChI is InChI=1S/C27H47N5O6/c1-9-10-12-16(4)19(20(33)15(2)3)30-26(38)31-22(27(6,7)8)25(37)32-14-11-13-18(32)24(36)29-17(5)21(34)23(28)35/h15-19,22H,9-14H2,1-8H3,(H2,28,35)(H,29,36)(H2,30,31,38). The van der Waals surface area contributed by atoms with Crippen molar-refractivity contribution in [2.75, 3.05) is 6.54 Å². The molecule has 11 nitrogen and oxygen atoms in total. The molecule has 0 aromatic heterocycles.